The minimum absolute atomic E-state index is 0. The van der Waals surface area contributed by atoms with E-state index in [9.17, 15) is 14.0 Å². The van der Waals surface area contributed by atoms with Crippen LogP contribution in [0, 0.1) is 11.7 Å². The number of rotatable bonds is 3. The summed E-state index contributed by atoms with van der Waals surface area (Å²) in [6, 6.07) is 5.73. The van der Waals surface area contributed by atoms with E-state index in [0.29, 0.717) is 38.3 Å². The van der Waals surface area contributed by atoms with Gasteiger partial charge in [0.2, 0.25) is 5.91 Å². The van der Waals surface area contributed by atoms with E-state index in [0.717, 1.165) is 12.1 Å². The maximum Gasteiger partial charge on any atom is 0.254 e. The predicted octanol–water partition coefficient (Wildman–Crippen LogP) is 1.27. The first-order valence-electron chi connectivity index (χ1n) is 9.56. The molecule has 0 radical (unpaired) electrons. The van der Waals surface area contributed by atoms with Crippen LogP contribution in [0.4, 0.5) is 4.39 Å². The number of carbonyl (C=O) groups excluding carboxylic acids is 2. The van der Waals surface area contributed by atoms with Crippen LogP contribution >= 0.6 is 12.4 Å². The van der Waals surface area contributed by atoms with Crippen molar-refractivity contribution in [3.8, 4) is 0 Å². The van der Waals surface area contributed by atoms with Crippen molar-refractivity contribution in [3.05, 3.63) is 53.6 Å². The summed E-state index contributed by atoms with van der Waals surface area (Å²) in [5, 5.41) is 7.54. The molecule has 0 unspecified atom stereocenters. The maximum absolute atomic E-state index is 13.4. The lowest BCUT2D eigenvalue weighted by atomic mass is 9.89. The molecule has 29 heavy (non-hydrogen) atoms. The molecule has 0 spiro atoms. The fourth-order valence-electron chi connectivity index (χ4n) is 4.09. The Kier molecular flexibility index (Phi) is 6.54. The van der Waals surface area contributed by atoms with Crippen molar-refractivity contribution in [2.45, 2.75) is 5.92 Å². The van der Waals surface area contributed by atoms with Crippen LogP contribution in [0.15, 0.2) is 36.7 Å². The van der Waals surface area contributed by atoms with Gasteiger partial charge in [0.25, 0.3) is 5.91 Å². The van der Waals surface area contributed by atoms with Gasteiger partial charge in [0.1, 0.15) is 5.82 Å². The van der Waals surface area contributed by atoms with E-state index in [2.05, 4.69) is 10.4 Å². The molecule has 0 bridgehead atoms. The molecule has 2 aromatic rings. The number of halogens is 2. The highest BCUT2D eigenvalue weighted by molar-refractivity contribution is 5.94. The lowest BCUT2D eigenvalue weighted by molar-refractivity contribution is -0.136. The molecule has 2 aliphatic rings. The maximum atomic E-state index is 13.4. The Labute approximate surface area is 175 Å². The summed E-state index contributed by atoms with van der Waals surface area (Å²) in [5.41, 5.74) is 1.42. The van der Waals surface area contributed by atoms with Gasteiger partial charge in [0, 0.05) is 64.0 Å². The Balaban J connectivity index is 0.00000240. The molecule has 2 aliphatic heterocycles. The highest BCUT2D eigenvalue weighted by Gasteiger charge is 2.38. The number of hydrogen-bond acceptors (Lipinski definition) is 4. The first-order chi connectivity index (χ1) is 13.5. The highest BCUT2D eigenvalue weighted by Crippen LogP contribution is 2.29. The van der Waals surface area contributed by atoms with E-state index < -0.39 is 5.82 Å². The van der Waals surface area contributed by atoms with Crippen molar-refractivity contribution in [2.24, 2.45) is 13.0 Å². The van der Waals surface area contributed by atoms with Gasteiger partial charge in [-0.1, -0.05) is 6.07 Å². The number of nitrogens with one attached hydrogen (secondary N) is 1. The number of carbonyl (C=O) groups is 2. The number of hydrogen-bond donors (Lipinski definition) is 1. The Morgan fingerprint density at radius 3 is 2.52 bits per heavy atom. The van der Waals surface area contributed by atoms with Crippen molar-refractivity contribution in [1.29, 1.82) is 0 Å². The minimum atomic E-state index is -0.421. The Morgan fingerprint density at radius 2 is 1.86 bits per heavy atom. The molecule has 0 saturated carbocycles. The van der Waals surface area contributed by atoms with Gasteiger partial charge in [-0.05, 0) is 23.8 Å². The molecule has 1 aromatic carbocycles. The monoisotopic (exact) mass is 421 g/mol. The van der Waals surface area contributed by atoms with Crippen LogP contribution in [0.25, 0.3) is 0 Å². The van der Waals surface area contributed by atoms with Gasteiger partial charge in [-0.2, -0.15) is 5.10 Å². The molecular weight excluding hydrogens is 397 g/mol. The van der Waals surface area contributed by atoms with Gasteiger partial charge in [-0.25, -0.2) is 4.39 Å². The zero-order valence-electron chi connectivity index (χ0n) is 16.3. The highest BCUT2D eigenvalue weighted by atomic mass is 35.5. The van der Waals surface area contributed by atoms with Crippen molar-refractivity contribution in [1.82, 2.24) is 24.9 Å². The molecular formula is C20H25ClFN5O2. The topological polar surface area (TPSA) is 70.5 Å². The molecule has 1 aromatic heterocycles. The Bertz CT molecular complexity index is 881. The average Bonchev–Trinajstić information content (AvgIpc) is 3.36. The molecule has 9 heteroatoms. The van der Waals surface area contributed by atoms with E-state index in [4.69, 9.17) is 0 Å². The van der Waals surface area contributed by atoms with Crippen LogP contribution in [0.3, 0.4) is 0 Å². The summed E-state index contributed by atoms with van der Waals surface area (Å²) in [7, 11) is 1.87. The first-order valence-corrected chi connectivity index (χ1v) is 9.56. The van der Waals surface area contributed by atoms with Gasteiger partial charge in [0.05, 0.1) is 12.1 Å². The van der Waals surface area contributed by atoms with E-state index in [1.807, 2.05) is 24.3 Å². The number of aryl methyl sites for hydroxylation is 1. The molecule has 2 saturated heterocycles. The SMILES string of the molecule is Cl.Cn1cc([C@H]2CNC[C@@H]2C(=O)N2CCN(C(=O)c3cccc(F)c3)CC2)cn1. The number of nitrogens with zero attached hydrogens (tertiary/aromatic N) is 4. The molecule has 4 rings (SSSR count). The number of aromatic nitrogens is 2. The van der Waals surface area contributed by atoms with Crippen molar-refractivity contribution < 1.29 is 14.0 Å². The van der Waals surface area contributed by atoms with Crippen LogP contribution < -0.4 is 5.32 Å². The first kappa shape index (κ1) is 21.3. The zero-order chi connectivity index (χ0) is 19.7. The fraction of sp³-hybridized carbons (Fsp3) is 0.450. The second-order valence-electron chi connectivity index (χ2n) is 7.45. The third-order valence-corrected chi connectivity index (χ3v) is 5.63. The summed E-state index contributed by atoms with van der Waals surface area (Å²) >= 11 is 0. The quantitative estimate of drug-likeness (QED) is 0.810. The molecule has 1 N–H and O–H groups in total. The summed E-state index contributed by atoms with van der Waals surface area (Å²) in [5.74, 6) is -0.489. The third kappa shape index (κ3) is 4.43. The van der Waals surface area contributed by atoms with Crippen LogP contribution in [-0.2, 0) is 11.8 Å². The standard InChI is InChI=1S/C20H24FN5O2.ClH/c1-24-13-15(10-23-24)17-11-22-12-18(17)20(28)26-7-5-25(6-8-26)19(27)14-3-2-4-16(21)9-14;/h2-4,9-10,13,17-18,22H,5-8,11-12H2,1H3;1H/t17-,18+;/m1./s1. The molecule has 0 aliphatic carbocycles. The predicted molar refractivity (Wildman–Crippen MR) is 108 cm³/mol. The number of benzene rings is 1. The van der Waals surface area contributed by atoms with Gasteiger partial charge in [-0.3, -0.25) is 14.3 Å². The van der Waals surface area contributed by atoms with Crippen molar-refractivity contribution in [3.63, 3.8) is 0 Å². The van der Waals surface area contributed by atoms with Crippen LogP contribution in [0.2, 0.25) is 0 Å². The van der Waals surface area contributed by atoms with E-state index in [1.165, 1.54) is 18.2 Å². The second-order valence-corrected chi connectivity index (χ2v) is 7.45. The van der Waals surface area contributed by atoms with Crippen molar-refractivity contribution in [2.75, 3.05) is 39.3 Å². The van der Waals surface area contributed by atoms with E-state index >= 15 is 0 Å². The summed E-state index contributed by atoms with van der Waals surface area (Å²) in [4.78, 5) is 29.2. The summed E-state index contributed by atoms with van der Waals surface area (Å²) in [6.45, 7) is 3.32. The third-order valence-electron chi connectivity index (χ3n) is 5.63. The molecule has 2 atom stereocenters. The number of piperazine rings is 1. The van der Waals surface area contributed by atoms with Gasteiger partial charge < -0.3 is 15.1 Å². The van der Waals surface area contributed by atoms with Crippen LogP contribution in [-0.4, -0.2) is 70.7 Å². The molecule has 2 amide bonds. The summed E-state index contributed by atoms with van der Waals surface area (Å²) < 4.78 is 15.1. The van der Waals surface area contributed by atoms with Crippen LogP contribution in [0.1, 0.15) is 21.8 Å². The van der Waals surface area contributed by atoms with E-state index in [-0.39, 0.29) is 36.1 Å². The fourth-order valence-corrected chi connectivity index (χ4v) is 4.09. The van der Waals surface area contributed by atoms with Gasteiger partial charge in [-0.15, -0.1) is 12.4 Å². The van der Waals surface area contributed by atoms with Gasteiger partial charge in [0.15, 0.2) is 0 Å². The van der Waals surface area contributed by atoms with Crippen LogP contribution in [0.5, 0.6) is 0 Å². The molecule has 7 nitrogen and oxygen atoms in total. The lowest BCUT2D eigenvalue weighted by Gasteiger charge is -2.36. The lowest BCUT2D eigenvalue weighted by Crippen LogP contribution is -2.52. The summed E-state index contributed by atoms with van der Waals surface area (Å²) in [6.07, 6.45) is 3.79. The molecule has 156 valence electrons. The largest absolute Gasteiger partial charge is 0.339 e. The van der Waals surface area contributed by atoms with Gasteiger partial charge >= 0.3 is 0 Å². The van der Waals surface area contributed by atoms with E-state index in [1.54, 1.807) is 15.6 Å². The normalized spacial score (nSPS) is 21.7. The minimum Gasteiger partial charge on any atom is -0.339 e. The molecule has 3 heterocycles. The number of amides is 2. The average molecular weight is 422 g/mol. The Morgan fingerprint density at radius 1 is 1.14 bits per heavy atom. The second kappa shape index (κ2) is 8.92. The Hall–Kier alpha value is -2.45. The molecule has 2 fully saturated rings. The smallest absolute Gasteiger partial charge is 0.254 e. The van der Waals surface area contributed by atoms with Crippen molar-refractivity contribution >= 4 is 24.2 Å². The zero-order valence-corrected chi connectivity index (χ0v) is 17.1.